The quantitative estimate of drug-likeness (QED) is 0.722. The van der Waals surface area contributed by atoms with E-state index in [0.29, 0.717) is 5.82 Å². The van der Waals surface area contributed by atoms with Crippen molar-refractivity contribution in [1.82, 2.24) is 8.96 Å². The van der Waals surface area contributed by atoms with E-state index < -0.39 is 11.3 Å². The highest BCUT2D eigenvalue weighted by atomic mass is 32.2. The molecule has 0 amide bonds. The molecular formula is C7H12N2O2S. The van der Waals surface area contributed by atoms with E-state index >= 15 is 0 Å². The zero-order valence-electron chi connectivity index (χ0n) is 6.93. The molecule has 1 atom stereocenters. The maximum absolute atomic E-state index is 10.7. The average molecular weight is 188 g/mol. The second kappa shape index (κ2) is 4.37. The number of aryl methyl sites for hydroxylation is 1. The fourth-order valence-corrected chi connectivity index (χ4v) is 1.45. The van der Waals surface area contributed by atoms with Crippen LogP contribution in [0.3, 0.4) is 0 Å². The van der Waals surface area contributed by atoms with Gasteiger partial charge in [-0.25, -0.2) is 13.2 Å². The third-order valence-electron chi connectivity index (χ3n) is 1.60. The van der Waals surface area contributed by atoms with Crippen LogP contribution >= 0.6 is 0 Å². The van der Waals surface area contributed by atoms with E-state index in [1.807, 2.05) is 0 Å². The zero-order valence-corrected chi connectivity index (χ0v) is 7.75. The molecule has 1 N–H and O–H groups in total. The molecule has 0 saturated heterocycles. The number of hydrogen-bond donors (Lipinski definition) is 1. The van der Waals surface area contributed by atoms with Gasteiger partial charge in [0.25, 0.3) is 11.3 Å². The van der Waals surface area contributed by atoms with Crippen LogP contribution in [0.1, 0.15) is 25.6 Å². The van der Waals surface area contributed by atoms with Gasteiger partial charge in [0.1, 0.15) is 5.82 Å². The van der Waals surface area contributed by atoms with Crippen molar-refractivity contribution >= 4 is 11.3 Å². The molecule has 0 aliphatic rings. The summed E-state index contributed by atoms with van der Waals surface area (Å²) >= 11 is -1.96. The van der Waals surface area contributed by atoms with E-state index in [2.05, 4.69) is 11.9 Å². The number of imidazole rings is 1. The van der Waals surface area contributed by atoms with Crippen molar-refractivity contribution in [3.8, 4) is 0 Å². The topological polar surface area (TPSA) is 55.1 Å². The van der Waals surface area contributed by atoms with Gasteiger partial charge in [-0.05, 0) is 6.42 Å². The summed E-state index contributed by atoms with van der Waals surface area (Å²) < 4.78 is 20.7. The van der Waals surface area contributed by atoms with Crippen molar-refractivity contribution in [3.05, 3.63) is 18.2 Å². The fraction of sp³-hybridized carbons (Fsp3) is 0.571. The van der Waals surface area contributed by atoms with E-state index in [1.54, 1.807) is 6.20 Å². The van der Waals surface area contributed by atoms with Gasteiger partial charge in [-0.3, -0.25) is 4.55 Å². The Hall–Kier alpha value is -0.680. The van der Waals surface area contributed by atoms with E-state index in [0.717, 1.165) is 19.3 Å². The van der Waals surface area contributed by atoms with Crippen LogP contribution in [0.15, 0.2) is 12.4 Å². The number of rotatable bonds is 4. The molecule has 0 saturated carbocycles. The van der Waals surface area contributed by atoms with Crippen LogP contribution in [0, 0.1) is 0 Å². The first kappa shape index (κ1) is 9.41. The van der Waals surface area contributed by atoms with Crippen LogP contribution < -0.4 is 0 Å². The Morgan fingerprint density at radius 1 is 1.75 bits per heavy atom. The number of nitrogens with zero attached hydrogens (tertiary/aromatic N) is 2. The van der Waals surface area contributed by atoms with Crippen LogP contribution in [0.2, 0.25) is 0 Å². The van der Waals surface area contributed by atoms with E-state index in [-0.39, 0.29) is 0 Å². The molecule has 1 heterocycles. The van der Waals surface area contributed by atoms with Crippen molar-refractivity contribution in [1.29, 1.82) is 0 Å². The molecule has 0 radical (unpaired) electrons. The molecule has 1 aromatic heterocycles. The predicted octanol–water partition coefficient (Wildman–Crippen LogP) is 1.21. The Morgan fingerprint density at radius 3 is 3.08 bits per heavy atom. The van der Waals surface area contributed by atoms with Gasteiger partial charge in [0, 0.05) is 18.8 Å². The minimum absolute atomic E-state index is 0.678. The van der Waals surface area contributed by atoms with Crippen LogP contribution in [0.5, 0.6) is 0 Å². The van der Waals surface area contributed by atoms with Crippen LogP contribution in [0.4, 0.5) is 0 Å². The summed E-state index contributed by atoms with van der Waals surface area (Å²) in [6, 6.07) is 0. The summed E-state index contributed by atoms with van der Waals surface area (Å²) in [5.74, 6) is 0.678. The van der Waals surface area contributed by atoms with Gasteiger partial charge in [0.15, 0.2) is 0 Å². The van der Waals surface area contributed by atoms with Crippen LogP contribution in [-0.2, 0) is 17.7 Å². The molecule has 1 unspecified atom stereocenters. The lowest BCUT2D eigenvalue weighted by Gasteiger charge is -2.00. The molecule has 1 aromatic rings. The summed E-state index contributed by atoms with van der Waals surface area (Å²) in [6.07, 6.45) is 5.87. The SMILES string of the molecule is CCCCc1nccn1S(=O)O. The molecule has 12 heavy (non-hydrogen) atoms. The van der Waals surface area contributed by atoms with E-state index in [9.17, 15) is 4.21 Å². The van der Waals surface area contributed by atoms with Gasteiger partial charge in [0.2, 0.25) is 0 Å². The molecule has 4 nitrogen and oxygen atoms in total. The summed E-state index contributed by atoms with van der Waals surface area (Å²) in [5.41, 5.74) is 0. The number of hydrogen-bond acceptors (Lipinski definition) is 2. The average Bonchev–Trinajstić information content (AvgIpc) is 2.48. The van der Waals surface area contributed by atoms with Gasteiger partial charge < -0.3 is 0 Å². The third kappa shape index (κ3) is 2.15. The molecule has 0 fully saturated rings. The summed E-state index contributed by atoms with van der Waals surface area (Å²) in [5, 5.41) is 0. The first-order chi connectivity index (χ1) is 5.75. The second-order valence-electron chi connectivity index (χ2n) is 2.50. The lowest BCUT2D eigenvalue weighted by atomic mass is 10.2. The van der Waals surface area contributed by atoms with Gasteiger partial charge >= 0.3 is 0 Å². The summed E-state index contributed by atoms with van der Waals surface area (Å²) in [4.78, 5) is 3.98. The van der Waals surface area contributed by atoms with Gasteiger partial charge in [-0.15, -0.1) is 0 Å². The zero-order chi connectivity index (χ0) is 8.97. The molecule has 68 valence electrons. The predicted molar refractivity (Wildman–Crippen MR) is 47.0 cm³/mol. The van der Waals surface area contributed by atoms with Crippen LogP contribution in [0.25, 0.3) is 0 Å². The standard InChI is InChI=1S/C7H12N2O2S/c1-2-3-4-7-8-5-6-9(7)12(10)11/h5-6H,2-4H2,1H3,(H,10,11). The fourth-order valence-electron chi connectivity index (χ4n) is 0.975. The van der Waals surface area contributed by atoms with Crippen molar-refractivity contribution in [2.24, 2.45) is 0 Å². The number of aromatic nitrogens is 2. The minimum Gasteiger partial charge on any atom is -0.289 e. The Kier molecular flexibility index (Phi) is 3.43. The lowest BCUT2D eigenvalue weighted by molar-refractivity contribution is 0.551. The molecule has 0 aliphatic heterocycles. The summed E-state index contributed by atoms with van der Waals surface area (Å²) in [7, 11) is 0. The van der Waals surface area contributed by atoms with Gasteiger partial charge in [-0.2, -0.15) is 0 Å². The molecule has 0 bridgehead atoms. The Morgan fingerprint density at radius 2 is 2.50 bits per heavy atom. The smallest absolute Gasteiger partial charge is 0.267 e. The highest BCUT2D eigenvalue weighted by Crippen LogP contribution is 2.03. The maximum Gasteiger partial charge on any atom is 0.267 e. The molecule has 0 aliphatic carbocycles. The first-order valence-electron chi connectivity index (χ1n) is 3.89. The molecule has 0 spiro atoms. The molecular weight excluding hydrogens is 176 g/mol. The normalized spacial score (nSPS) is 13.2. The molecule has 0 aromatic carbocycles. The Labute approximate surface area is 74.0 Å². The third-order valence-corrected chi connectivity index (χ3v) is 2.27. The van der Waals surface area contributed by atoms with Crippen molar-refractivity contribution in [2.45, 2.75) is 26.2 Å². The largest absolute Gasteiger partial charge is 0.289 e. The monoisotopic (exact) mass is 188 g/mol. The van der Waals surface area contributed by atoms with Crippen molar-refractivity contribution < 1.29 is 8.76 Å². The van der Waals surface area contributed by atoms with Crippen molar-refractivity contribution in [3.63, 3.8) is 0 Å². The Balaban J connectivity index is 2.70. The highest BCUT2D eigenvalue weighted by Gasteiger charge is 2.05. The van der Waals surface area contributed by atoms with E-state index in [1.165, 1.54) is 10.2 Å². The number of unbranched alkanes of at least 4 members (excludes halogenated alkanes) is 1. The molecule has 1 rings (SSSR count). The second-order valence-corrected chi connectivity index (χ2v) is 3.36. The van der Waals surface area contributed by atoms with Crippen molar-refractivity contribution in [2.75, 3.05) is 0 Å². The lowest BCUT2D eigenvalue weighted by Crippen LogP contribution is -2.06. The Bertz CT molecular complexity index is 272. The molecule has 5 heteroatoms. The van der Waals surface area contributed by atoms with E-state index in [4.69, 9.17) is 4.55 Å². The first-order valence-corrected chi connectivity index (χ1v) is 4.95. The van der Waals surface area contributed by atoms with Gasteiger partial charge in [0.05, 0.1) is 0 Å². The maximum atomic E-state index is 10.7. The summed E-state index contributed by atoms with van der Waals surface area (Å²) in [6.45, 7) is 2.07. The highest BCUT2D eigenvalue weighted by molar-refractivity contribution is 7.77. The van der Waals surface area contributed by atoms with Crippen LogP contribution in [-0.4, -0.2) is 17.7 Å². The minimum atomic E-state index is -1.96. The van der Waals surface area contributed by atoms with Gasteiger partial charge in [-0.1, -0.05) is 13.3 Å².